The summed E-state index contributed by atoms with van der Waals surface area (Å²) in [7, 11) is -3.54. The summed E-state index contributed by atoms with van der Waals surface area (Å²) in [5, 5.41) is 4.33. The Balaban J connectivity index is 1.55. The number of hydrogen-bond acceptors (Lipinski definition) is 6. The van der Waals surface area contributed by atoms with Crippen molar-refractivity contribution < 1.29 is 13.2 Å². The van der Waals surface area contributed by atoms with E-state index in [1.165, 1.54) is 0 Å². The van der Waals surface area contributed by atoms with Gasteiger partial charge in [-0.15, -0.1) is 0 Å². The monoisotopic (exact) mass is 405 g/mol. The number of aryl methyl sites for hydroxylation is 1. The zero-order valence-electron chi connectivity index (χ0n) is 16.2. The number of anilines is 1. The Bertz CT molecular complexity index is 908. The molecule has 0 N–H and O–H groups in total. The van der Waals surface area contributed by atoms with E-state index in [4.69, 9.17) is 4.74 Å². The molecule has 2 saturated heterocycles. The van der Waals surface area contributed by atoms with Gasteiger partial charge in [0.05, 0.1) is 25.5 Å². The smallest absolute Gasteiger partial charge is 0.246 e. The van der Waals surface area contributed by atoms with Gasteiger partial charge < -0.3 is 9.64 Å². The molecule has 1 atom stereocenters. The molecule has 2 aromatic rings. The molecule has 0 amide bonds. The van der Waals surface area contributed by atoms with Crippen molar-refractivity contribution in [3.8, 4) is 0 Å². The summed E-state index contributed by atoms with van der Waals surface area (Å²) in [4.78, 5) is 6.78. The van der Waals surface area contributed by atoms with Crippen molar-refractivity contribution in [3.05, 3.63) is 36.3 Å². The molecule has 0 saturated carbocycles. The standard InChI is InChI=1S/C19H27N5O3S/c1-16-12-21-23(13-16)15-17-14-22(10-11-27-17)19-18(6-5-7-20-19)28(25,26)24-8-3-2-4-9-24/h5-7,12-13,17H,2-4,8-11,14-15H2,1H3. The third kappa shape index (κ3) is 4.06. The molecule has 2 aliphatic rings. The average Bonchev–Trinajstić information content (AvgIpc) is 3.13. The highest BCUT2D eigenvalue weighted by atomic mass is 32.2. The van der Waals surface area contributed by atoms with Crippen molar-refractivity contribution in [1.82, 2.24) is 19.1 Å². The lowest BCUT2D eigenvalue weighted by Crippen LogP contribution is -2.45. The summed E-state index contributed by atoms with van der Waals surface area (Å²) in [6, 6.07) is 3.37. The van der Waals surface area contributed by atoms with Crippen molar-refractivity contribution in [2.24, 2.45) is 0 Å². The van der Waals surface area contributed by atoms with E-state index in [2.05, 4.69) is 10.1 Å². The normalized spacial score (nSPS) is 21.8. The summed E-state index contributed by atoms with van der Waals surface area (Å²) in [5.41, 5.74) is 1.10. The Labute approximate surface area is 166 Å². The number of rotatable bonds is 5. The number of sulfonamides is 1. The Kier molecular flexibility index (Phi) is 5.65. The van der Waals surface area contributed by atoms with Gasteiger partial charge in [0.25, 0.3) is 0 Å². The molecule has 2 aliphatic heterocycles. The average molecular weight is 406 g/mol. The molecule has 8 nitrogen and oxygen atoms in total. The molecule has 152 valence electrons. The van der Waals surface area contributed by atoms with Crippen LogP contribution in [-0.2, 0) is 21.3 Å². The van der Waals surface area contributed by atoms with E-state index in [0.29, 0.717) is 50.0 Å². The minimum Gasteiger partial charge on any atom is -0.373 e. The van der Waals surface area contributed by atoms with Crippen LogP contribution in [0.4, 0.5) is 5.82 Å². The molecule has 4 heterocycles. The second-order valence-corrected chi connectivity index (χ2v) is 9.37. The number of morpholine rings is 1. The lowest BCUT2D eigenvalue weighted by atomic mass is 10.2. The van der Waals surface area contributed by atoms with Gasteiger partial charge in [-0.1, -0.05) is 6.42 Å². The first-order valence-corrected chi connectivity index (χ1v) is 11.3. The molecule has 0 bridgehead atoms. The third-order valence-electron chi connectivity index (χ3n) is 5.28. The highest BCUT2D eigenvalue weighted by Gasteiger charge is 2.32. The minimum atomic E-state index is -3.54. The van der Waals surface area contributed by atoms with Gasteiger partial charge in [0, 0.05) is 38.6 Å². The van der Waals surface area contributed by atoms with Gasteiger partial charge in [-0.05, 0) is 37.5 Å². The summed E-state index contributed by atoms with van der Waals surface area (Å²) in [5.74, 6) is 0.526. The molecule has 2 aromatic heterocycles. The van der Waals surface area contributed by atoms with E-state index in [1.54, 1.807) is 22.6 Å². The van der Waals surface area contributed by atoms with E-state index in [0.717, 1.165) is 24.8 Å². The molecule has 0 spiro atoms. The van der Waals surface area contributed by atoms with Gasteiger partial charge in [0.15, 0.2) is 0 Å². The van der Waals surface area contributed by atoms with Gasteiger partial charge in [-0.2, -0.15) is 9.40 Å². The van der Waals surface area contributed by atoms with Gasteiger partial charge in [0.2, 0.25) is 10.0 Å². The van der Waals surface area contributed by atoms with Crippen LogP contribution in [0, 0.1) is 6.92 Å². The first-order valence-electron chi connectivity index (χ1n) is 9.85. The summed E-state index contributed by atoms with van der Waals surface area (Å²) >= 11 is 0. The van der Waals surface area contributed by atoms with Crippen molar-refractivity contribution in [3.63, 3.8) is 0 Å². The first kappa shape index (κ1) is 19.4. The topological polar surface area (TPSA) is 80.6 Å². The number of aromatic nitrogens is 3. The number of piperidine rings is 1. The molecule has 0 aromatic carbocycles. The minimum absolute atomic E-state index is 0.0689. The maximum Gasteiger partial charge on any atom is 0.246 e. The van der Waals surface area contributed by atoms with Crippen LogP contribution in [0.1, 0.15) is 24.8 Å². The quantitative estimate of drug-likeness (QED) is 0.753. The predicted molar refractivity (Wildman–Crippen MR) is 106 cm³/mol. The van der Waals surface area contributed by atoms with Crippen LogP contribution in [0.25, 0.3) is 0 Å². The number of hydrogen-bond donors (Lipinski definition) is 0. The summed E-state index contributed by atoms with van der Waals surface area (Å²) in [6.45, 7) is 5.54. The molecule has 28 heavy (non-hydrogen) atoms. The number of nitrogens with zero attached hydrogens (tertiary/aromatic N) is 5. The Morgan fingerprint density at radius 1 is 1.21 bits per heavy atom. The van der Waals surface area contributed by atoms with E-state index >= 15 is 0 Å². The van der Waals surface area contributed by atoms with E-state index in [-0.39, 0.29) is 6.10 Å². The summed E-state index contributed by atoms with van der Waals surface area (Å²) in [6.07, 6.45) is 8.31. The lowest BCUT2D eigenvalue weighted by molar-refractivity contribution is 0.0270. The molecule has 2 fully saturated rings. The zero-order valence-corrected chi connectivity index (χ0v) is 17.0. The molecular formula is C19H27N5O3S. The van der Waals surface area contributed by atoms with Crippen molar-refractivity contribution >= 4 is 15.8 Å². The van der Waals surface area contributed by atoms with Gasteiger partial charge in [-0.25, -0.2) is 13.4 Å². The van der Waals surface area contributed by atoms with Crippen molar-refractivity contribution in [2.75, 3.05) is 37.7 Å². The second kappa shape index (κ2) is 8.18. The lowest BCUT2D eigenvalue weighted by Gasteiger charge is -2.35. The van der Waals surface area contributed by atoms with Crippen LogP contribution in [0.3, 0.4) is 0 Å². The van der Waals surface area contributed by atoms with Gasteiger partial charge in [-0.3, -0.25) is 4.68 Å². The predicted octanol–water partition coefficient (Wildman–Crippen LogP) is 1.67. The van der Waals surface area contributed by atoms with Crippen LogP contribution >= 0.6 is 0 Å². The molecule has 0 aliphatic carbocycles. The molecule has 1 unspecified atom stereocenters. The highest BCUT2D eigenvalue weighted by Crippen LogP contribution is 2.28. The number of ether oxygens (including phenoxy) is 1. The van der Waals surface area contributed by atoms with E-state index < -0.39 is 10.0 Å². The maximum absolute atomic E-state index is 13.2. The van der Waals surface area contributed by atoms with Crippen molar-refractivity contribution in [2.45, 2.75) is 43.7 Å². The number of pyridine rings is 1. The van der Waals surface area contributed by atoms with Crippen LogP contribution in [0.5, 0.6) is 0 Å². The molecule has 4 rings (SSSR count). The summed E-state index contributed by atoms with van der Waals surface area (Å²) < 4.78 is 35.8. The molecular weight excluding hydrogens is 378 g/mol. The first-order chi connectivity index (χ1) is 13.5. The Morgan fingerprint density at radius 2 is 2.04 bits per heavy atom. The highest BCUT2D eigenvalue weighted by molar-refractivity contribution is 7.89. The van der Waals surface area contributed by atoms with Crippen molar-refractivity contribution in [1.29, 1.82) is 0 Å². The molecule has 0 radical (unpaired) electrons. The van der Waals surface area contributed by atoms with Gasteiger partial charge >= 0.3 is 0 Å². The Hall–Kier alpha value is -1.97. The Morgan fingerprint density at radius 3 is 2.79 bits per heavy atom. The largest absolute Gasteiger partial charge is 0.373 e. The fourth-order valence-electron chi connectivity index (χ4n) is 3.86. The fourth-order valence-corrected chi connectivity index (χ4v) is 5.54. The SMILES string of the molecule is Cc1cnn(CC2CN(c3ncccc3S(=O)(=O)N3CCCCC3)CCO2)c1. The molecule has 9 heteroatoms. The van der Waals surface area contributed by atoms with E-state index in [1.807, 2.05) is 28.9 Å². The van der Waals surface area contributed by atoms with E-state index in [9.17, 15) is 8.42 Å². The maximum atomic E-state index is 13.2. The second-order valence-electron chi connectivity index (χ2n) is 7.47. The van der Waals surface area contributed by atoms with Crippen LogP contribution < -0.4 is 4.90 Å². The van der Waals surface area contributed by atoms with Crippen LogP contribution in [0.2, 0.25) is 0 Å². The third-order valence-corrected chi connectivity index (χ3v) is 7.19. The van der Waals surface area contributed by atoms with Crippen LogP contribution in [0.15, 0.2) is 35.6 Å². The fraction of sp³-hybridized carbons (Fsp3) is 0.579. The zero-order chi connectivity index (χ0) is 19.6. The van der Waals surface area contributed by atoms with Crippen LogP contribution in [-0.4, -0.2) is 66.4 Å². The van der Waals surface area contributed by atoms with Gasteiger partial charge in [0.1, 0.15) is 10.7 Å².